The number of carbonyl (C=O) groups excluding carboxylic acids is 2. The zero-order chi connectivity index (χ0) is 20.5. The van der Waals surface area contributed by atoms with Crippen molar-refractivity contribution in [2.75, 3.05) is 13.7 Å². The van der Waals surface area contributed by atoms with Gasteiger partial charge in [-0.05, 0) is 23.3 Å². The second-order valence-electron chi connectivity index (χ2n) is 6.58. The largest absolute Gasteiger partial charge is 0.488 e. The van der Waals surface area contributed by atoms with Crippen molar-refractivity contribution < 1.29 is 19.1 Å². The van der Waals surface area contributed by atoms with Crippen LogP contribution >= 0.6 is 0 Å². The molecule has 0 N–H and O–H groups in total. The van der Waals surface area contributed by atoms with Crippen molar-refractivity contribution in [2.45, 2.75) is 13.2 Å². The maximum absolute atomic E-state index is 12.5. The van der Waals surface area contributed by atoms with E-state index in [-0.39, 0.29) is 12.5 Å². The van der Waals surface area contributed by atoms with Gasteiger partial charge in [0.1, 0.15) is 17.9 Å². The van der Waals surface area contributed by atoms with E-state index in [1.54, 1.807) is 31.3 Å². The lowest BCUT2D eigenvalue weighted by molar-refractivity contribution is -0.133. The van der Waals surface area contributed by atoms with Gasteiger partial charge in [0.05, 0.1) is 0 Å². The SMILES string of the molecule is CN(Cc1ccccc1)C(=O)COC(=O)c1ccccc1OCc1ccccc1. The number of benzene rings is 3. The fourth-order valence-corrected chi connectivity index (χ4v) is 2.76. The number of para-hydroxylation sites is 1. The normalized spacial score (nSPS) is 10.2. The first-order valence-electron chi connectivity index (χ1n) is 9.34. The molecule has 0 aliphatic rings. The van der Waals surface area contributed by atoms with Crippen LogP contribution in [0.4, 0.5) is 0 Å². The van der Waals surface area contributed by atoms with E-state index in [4.69, 9.17) is 9.47 Å². The van der Waals surface area contributed by atoms with Crippen molar-refractivity contribution in [2.24, 2.45) is 0 Å². The summed E-state index contributed by atoms with van der Waals surface area (Å²) in [4.78, 5) is 26.3. The highest BCUT2D eigenvalue weighted by Crippen LogP contribution is 2.20. The van der Waals surface area contributed by atoms with Crippen molar-refractivity contribution in [1.29, 1.82) is 0 Å². The molecule has 0 saturated heterocycles. The lowest BCUT2D eigenvalue weighted by Crippen LogP contribution is -2.30. The number of rotatable bonds is 8. The van der Waals surface area contributed by atoms with Gasteiger partial charge in [-0.25, -0.2) is 4.79 Å². The van der Waals surface area contributed by atoms with E-state index in [0.717, 1.165) is 11.1 Å². The summed E-state index contributed by atoms with van der Waals surface area (Å²) in [6.07, 6.45) is 0. The van der Waals surface area contributed by atoms with E-state index in [1.807, 2.05) is 60.7 Å². The first-order chi connectivity index (χ1) is 14.1. The molecule has 29 heavy (non-hydrogen) atoms. The number of ether oxygens (including phenoxy) is 2. The van der Waals surface area contributed by atoms with Crippen LogP contribution in [0.3, 0.4) is 0 Å². The van der Waals surface area contributed by atoms with Crippen molar-refractivity contribution >= 4 is 11.9 Å². The molecule has 0 spiro atoms. The molecule has 0 aromatic heterocycles. The Balaban J connectivity index is 1.55. The zero-order valence-corrected chi connectivity index (χ0v) is 16.3. The quantitative estimate of drug-likeness (QED) is 0.545. The highest BCUT2D eigenvalue weighted by Gasteiger charge is 2.17. The van der Waals surface area contributed by atoms with Crippen LogP contribution in [-0.2, 0) is 22.7 Å². The summed E-state index contributed by atoms with van der Waals surface area (Å²) >= 11 is 0. The molecule has 3 rings (SSSR count). The highest BCUT2D eigenvalue weighted by atomic mass is 16.5. The maximum atomic E-state index is 12.5. The number of likely N-dealkylation sites (N-methyl/N-ethyl adjacent to an activating group) is 1. The minimum Gasteiger partial charge on any atom is -0.488 e. The first kappa shape index (κ1) is 20.1. The van der Waals surface area contributed by atoms with Gasteiger partial charge in [-0.15, -0.1) is 0 Å². The molecule has 5 heteroatoms. The summed E-state index contributed by atoms with van der Waals surface area (Å²) in [7, 11) is 1.68. The Hall–Kier alpha value is -3.60. The molecule has 0 fully saturated rings. The fourth-order valence-electron chi connectivity index (χ4n) is 2.76. The fraction of sp³-hybridized carbons (Fsp3) is 0.167. The van der Waals surface area contributed by atoms with E-state index in [9.17, 15) is 9.59 Å². The molecule has 3 aromatic rings. The van der Waals surface area contributed by atoms with Crippen molar-refractivity contribution in [3.63, 3.8) is 0 Å². The molecule has 5 nitrogen and oxygen atoms in total. The van der Waals surface area contributed by atoms with Gasteiger partial charge in [-0.3, -0.25) is 4.79 Å². The number of carbonyl (C=O) groups is 2. The zero-order valence-electron chi connectivity index (χ0n) is 16.3. The Morgan fingerprint density at radius 2 is 1.38 bits per heavy atom. The molecule has 0 radical (unpaired) electrons. The molecule has 0 atom stereocenters. The average Bonchev–Trinajstić information content (AvgIpc) is 2.77. The number of hydrogen-bond donors (Lipinski definition) is 0. The molecule has 0 heterocycles. The van der Waals surface area contributed by atoms with E-state index in [0.29, 0.717) is 24.5 Å². The monoisotopic (exact) mass is 389 g/mol. The van der Waals surface area contributed by atoms with Gasteiger partial charge in [0.15, 0.2) is 6.61 Å². The summed E-state index contributed by atoms with van der Waals surface area (Å²) in [5, 5.41) is 0. The molecule has 3 aromatic carbocycles. The van der Waals surface area contributed by atoms with Gasteiger partial charge < -0.3 is 14.4 Å². The van der Waals surface area contributed by atoms with Crippen LogP contribution in [0.2, 0.25) is 0 Å². The third kappa shape index (κ3) is 5.94. The highest BCUT2D eigenvalue weighted by molar-refractivity contribution is 5.94. The van der Waals surface area contributed by atoms with Crippen LogP contribution < -0.4 is 4.74 Å². The number of amides is 1. The van der Waals surface area contributed by atoms with Gasteiger partial charge in [0, 0.05) is 13.6 Å². The maximum Gasteiger partial charge on any atom is 0.342 e. The predicted molar refractivity (Wildman–Crippen MR) is 110 cm³/mol. The van der Waals surface area contributed by atoms with Gasteiger partial charge >= 0.3 is 5.97 Å². The van der Waals surface area contributed by atoms with Crippen LogP contribution in [0.1, 0.15) is 21.5 Å². The van der Waals surface area contributed by atoms with Gasteiger partial charge in [0.25, 0.3) is 5.91 Å². The summed E-state index contributed by atoms with van der Waals surface area (Å²) in [6, 6.07) is 26.2. The standard InChI is InChI=1S/C24H23NO4/c1-25(16-19-10-4-2-5-11-19)23(26)18-29-24(27)21-14-8-9-15-22(21)28-17-20-12-6-3-7-13-20/h2-15H,16-18H2,1H3. The van der Waals surface area contributed by atoms with E-state index in [2.05, 4.69) is 0 Å². The molecule has 1 amide bonds. The third-order valence-electron chi connectivity index (χ3n) is 4.36. The Bertz CT molecular complexity index is 941. The van der Waals surface area contributed by atoms with Crippen LogP contribution in [0.5, 0.6) is 5.75 Å². The van der Waals surface area contributed by atoms with Crippen LogP contribution in [0.25, 0.3) is 0 Å². The lowest BCUT2D eigenvalue weighted by atomic mass is 10.2. The summed E-state index contributed by atoms with van der Waals surface area (Å²) in [6.45, 7) is 0.465. The number of esters is 1. The molecule has 0 unspecified atom stereocenters. The predicted octanol–water partition coefficient (Wildman–Crippen LogP) is 4.08. The molecule has 0 bridgehead atoms. The Morgan fingerprint density at radius 3 is 2.07 bits per heavy atom. The second kappa shape index (κ2) is 10.1. The van der Waals surface area contributed by atoms with Crippen LogP contribution in [0, 0.1) is 0 Å². The van der Waals surface area contributed by atoms with Crippen LogP contribution in [-0.4, -0.2) is 30.4 Å². The molecule has 0 saturated carbocycles. The molecule has 0 aliphatic heterocycles. The van der Waals surface area contributed by atoms with Crippen molar-refractivity contribution in [1.82, 2.24) is 4.90 Å². The Morgan fingerprint density at radius 1 is 0.793 bits per heavy atom. The van der Waals surface area contributed by atoms with E-state index < -0.39 is 5.97 Å². The molecular weight excluding hydrogens is 366 g/mol. The van der Waals surface area contributed by atoms with Crippen molar-refractivity contribution in [3.05, 3.63) is 102 Å². The topological polar surface area (TPSA) is 55.8 Å². The smallest absolute Gasteiger partial charge is 0.342 e. The van der Waals surface area contributed by atoms with Gasteiger partial charge in [-0.2, -0.15) is 0 Å². The third-order valence-corrected chi connectivity index (χ3v) is 4.36. The van der Waals surface area contributed by atoms with Gasteiger partial charge in [-0.1, -0.05) is 72.8 Å². The lowest BCUT2D eigenvalue weighted by Gasteiger charge is -2.17. The van der Waals surface area contributed by atoms with Gasteiger partial charge in [0.2, 0.25) is 0 Å². The number of nitrogens with zero attached hydrogens (tertiary/aromatic N) is 1. The second-order valence-corrected chi connectivity index (χ2v) is 6.58. The van der Waals surface area contributed by atoms with Crippen LogP contribution in [0.15, 0.2) is 84.9 Å². The molecular formula is C24H23NO4. The minimum atomic E-state index is -0.588. The first-order valence-corrected chi connectivity index (χ1v) is 9.34. The molecule has 0 aliphatic carbocycles. The Kier molecular flexibility index (Phi) is 7.00. The summed E-state index contributed by atoms with van der Waals surface area (Å²) < 4.78 is 11.0. The Labute approximate surface area is 170 Å². The molecule has 148 valence electrons. The van der Waals surface area contributed by atoms with E-state index >= 15 is 0 Å². The summed E-state index contributed by atoms with van der Waals surface area (Å²) in [5.74, 6) is -0.438. The average molecular weight is 389 g/mol. The minimum absolute atomic E-state index is 0.273. The summed E-state index contributed by atoms with van der Waals surface area (Å²) in [5.41, 5.74) is 2.30. The van der Waals surface area contributed by atoms with Crippen molar-refractivity contribution in [3.8, 4) is 5.75 Å². The number of hydrogen-bond acceptors (Lipinski definition) is 4. The van der Waals surface area contributed by atoms with E-state index in [1.165, 1.54) is 4.90 Å².